The van der Waals surface area contributed by atoms with Gasteiger partial charge in [-0.25, -0.2) is 12.8 Å². The molecule has 1 aliphatic heterocycles. The minimum atomic E-state index is -3.27. The van der Waals surface area contributed by atoms with Gasteiger partial charge in [-0.1, -0.05) is 6.07 Å². The van der Waals surface area contributed by atoms with Crippen LogP contribution in [0.25, 0.3) is 0 Å². The van der Waals surface area contributed by atoms with Crippen molar-refractivity contribution in [1.82, 2.24) is 0 Å². The number of halogens is 1. The van der Waals surface area contributed by atoms with Gasteiger partial charge in [-0.15, -0.1) is 11.3 Å². The standard InChI is InChI=1S/C21H19FN2O3S2/c22-17-6-10-18(11-7-17)23(15-20-3-1-13-28-20)21(25)16-4-8-19(9-5-16)24-12-2-14-29(24,26)27/h1,3-11,13H,2,12,14-15H2. The summed E-state index contributed by atoms with van der Waals surface area (Å²) in [5, 5.41) is 1.94. The Balaban J connectivity index is 1.62. The summed E-state index contributed by atoms with van der Waals surface area (Å²) in [7, 11) is -3.27. The monoisotopic (exact) mass is 430 g/mol. The van der Waals surface area contributed by atoms with Crippen molar-refractivity contribution in [1.29, 1.82) is 0 Å². The van der Waals surface area contributed by atoms with Crippen LogP contribution in [0.5, 0.6) is 0 Å². The Bertz CT molecular complexity index is 1100. The van der Waals surface area contributed by atoms with Crippen LogP contribution in [0.2, 0.25) is 0 Å². The Labute approximate surface area is 173 Å². The molecule has 1 amide bonds. The Morgan fingerprint density at radius 3 is 2.38 bits per heavy atom. The summed E-state index contributed by atoms with van der Waals surface area (Å²) in [6, 6.07) is 16.2. The number of hydrogen-bond acceptors (Lipinski definition) is 4. The van der Waals surface area contributed by atoms with E-state index in [1.54, 1.807) is 41.3 Å². The molecule has 0 radical (unpaired) electrons. The molecule has 1 aromatic heterocycles. The molecule has 1 aliphatic rings. The molecule has 29 heavy (non-hydrogen) atoms. The summed E-state index contributed by atoms with van der Waals surface area (Å²) in [6.07, 6.45) is 0.599. The first kappa shape index (κ1) is 19.6. The third kappa shape index (κ3) is 4.18. The maximum absolute atomic E-state index is 13.4. The van der Waals surface area contributed by atoms with E-state index in [0.717, 1.165) is 4.88 Å². The van der Waals surface area contributed by atoms with Gasteiger partial charge in [0.25, 0.3) is 5.91 Å². The average molecular weight is 431 g/mol. The van der Waals surface area contributed by atoms with Crippen LogP contribution in [0.4, 0.5) is 15.8 Å². The van der Waals surface area contributed by atoms with Crippen LogP contribution < -0.4 is 9.21 Å². The van der Waals surface area contributed by atoms with Gasteiger partial charge in [-0.3, -0.25) is 9.10 Å². The van der Waals surface area contributed by atoms with Crippen molar-refractivity contribution in [2.75, 3.05) is 21.5 Å². The molecule has 0 unspecified atom stereocenters. The van der Waals surface area contributed by atoms with Crippen molar-refractivity contribution >= 4 is 38.6 Å². The number of sulfonamides is 1. The summed E-state index contributed by atoms with van der Waals surface area (Å²) in [6.45, 7) is 0.820. The van der Waals surface area contributed by atoms with Crippen LogP contribution in [0.1, 0.15) is 21.7 Å². The van der Waals surface area contributed by atoms with Gasteiger partial charge in [-0.05, 0) is 66.4 Å². The van der Waals surface area contributed by atoms with Gasteiger partial charge in [0, 0.05) is 22.7 Å². The normalized spacial score (nSPS) is 15.4. The topological polar surface area (TPSA) is 57.7 Å². The Morgan fingerprint density at radius 1 is 1.07 bits per heavy atom. The predicted octanol–water partition coefficient (Wildman–Crippen LogP) is 4.27. The van der Waals surface area contributed by atoms with Crippen LogP contribution >= 0.6 is 11.3 Å². The van der Waals surface area contributed by atoms with E-state index < -0.39 is 10.0 Å². The number of rotatable bonds is 5. The Hall–Kier alpha value is -2.71. The molecule has 1 saturated heterocycles. The Kier molecular flexibility index (Phi) is 5.38. The first-order valence-corrected chi connectivity index (χ1v) is 11.6. The third-order valence-electron chi connectivity index (χ3n) is 4.78. The lowest BCUT2D eigenvalue weighted by Gasteiger charge is -2.23. The van der Waals surface area contributed by atoms with Crippen LogP contribution in [0.15, 0.2) is 66.0 Å². The van der Waals surface area contributed by atoms with Gasteiger partial charge >= 0.3 is 0 Å². The van der Waals surface area contributed by atoms with Gasteiger partial charge in [-0.2, -0.15) is 0 Å². The van der Waals surface area contributed by atoms with Gasteiger partial charge in [0.15, 0.2) is 0 Å². The predicted molar refractivity (Wildman–Crippen MR) is 113 cm³/mol. The molecular formula is C21H19FN2O3S2. The van der Waals surface area contributed by atoms with Crippen molar-refractivity contribution in [2.45, 2.75) is 13.0 Å². The summed E-state index contributed by atoms with van der Waals surface area (Å²) in [5.41, 5.74) is 1.59. The van der Waals surface area contributed by atoms with Gasteiger partial charge < -0.3 is 4.90 Å². The molecule has 150 valence electrons. The van der Waals surface area contributed by atoms with E-state index in [4.69, 9.17) is 0 Å². The van der Waals surface area contributed by atoms with Gasteiger partial charge in [0.2, 0.25) is 10.0 Å². The van der Waals surface area contributed by atoms with Crippen molar-refractivity contribution < 1.29 is 17.6 Å². The number of nitrogens with zero attached hydrogens (tertiary/aromatic N) is 2. The fraction of sp³-hybridized carbons (Fsp3) is 0.190. The van der Waals surface area contributed by atoms with E-state index in [0.29, 0.717) is 36.4 Å². The van der Waals surface area contributed by atoms with Crippen molar-refractivity contribution in [3.8, 4) is 0 Å². The maximum Gasteiger partial charge on any atom is 0.258 e. The molecule has 2 heterocycles. The third-order valence-corrected chi connectivity index (χ3v) is 7.51. The highest BCUT2D eigenvalue weighted by Gasteiger charge is 2.28. The van der Waals surface area contributed by atoms with Gasteiger partial charge in [0.05, 0.1) is 18.0 Å². The van der Waals surface area contributed by atoms with Crippen molar-refractivity contribution in [3.05, 3.63) is 82.3 Å². The lowest BCUT2D eigenvalue weighted by atomic mass is 10.1. The molecule has 0 spiro atoms. The molecule has 0 aliphatic carbocycles. The molecular weight excluding hydrogens is 411 g/mol. The average Bonchev–Trinajstić information content (AvgIpc) is 3.35. The number of hydrogen-bond donors (Lipinski definition) is 0. The van der Waals surface area contributed by atoms with Crippen molar-refractivity contribution in [2.24, 2.45) is 0 Å². The second-order valence-corrected chi connectivity index (χ2v) is 9.78. The zero-order chi connectivity index (χ0) is 20.4. The highest BCUT2D eigenvalue weighted by molar-refractivity contribution is 7.93. The van der Waals surface area contributed by atoms with E-state index in [-0.39, 0.29) is 17.5 Å². The first-order chi connectivity index (χ1) is 13.9. The van der Waals surface area contributed by atoms with E-state index >= 15 is 0 Å². The lowest BCUT2D eigenvalue weighted by Crippen LogP contribution is -2.30. The van der Waals surface area contributed by atoms with Crippen molar-refractivity contribution in [3.63, 3.8) is 0 Å². The number of benzene rings is 2. The van der Waals surface area contributed by atoms with Crippen LogP contribution in [0, 0.1) is 5.82 Å². The SMILES string of the molecule is O=C(c1ccc(N2CCCS2(=O)=O)cc1)N(Cc1cccs1)c1ccc(F)cc1. The first-order valence-electron chi connectivity index (χ1n) is 9.14. The lowest BCUT2D eigenvalue weighted by molar-refractivity contribution is 0.0985. The maximum atomic E-state index is 13.4. The molecule has 1 fully saturated rings. The minimum Gasteiger partial charge on any atom is -0.303 e. The largest absolute Gasteiger partial charge is 0.303 e. The smallest absolute Gasteiger partial charge is 0.258 e. The van der Waals surface area contributed by atoms with E-state index in [1.807, 2.05) is 17.5 Å². The van der Waals surface area contributed by atoms with Gasteiger partial charge in [0.1, 0.15) is 5.82 Å². The van der Waals surface area contributed by atoms with Crippen LogP contribution in [-0.4, -0.2) is 26.6 Å². The number of amides is 1. The fourth-order valence-corrected chi connectivity index (χ4v) is 5.57. The van der Waals surface area contributed by atoms with Crippen LogP contribution in [0.3, 0.4) is 0 Å². The number of carbonyl (C=O) groups is 1. The molecule has 8 heteroatoms. The zero-order valence-corrected chi connectivity index (χ0v) is 17.1. The summed E-state index contributed by atoms with van der Waals surface area (Å²) >= 11 is 1.54. The second-order valence-electron chi connectivity index (χ2n) is 6.74. The van der Waals surface area contributed by atoms with E-state index in [9.17, 15) is 17.6 Å². The quantitative estimate of drug-likeness (QED) is 0.607. The number of anilines is 2. The number of carbonyl (C=O) groups excluding carboxylic acids is 1. The molecule has 4 rings (SSSR count). The zero-order valence-electron chi connectivity index (χ0n) is 15.5. The molecule has 3 aromatic rings. The summed E-state index contributed by atoms with van der Waals surface area (Å²) < 4.78 is 38.9. The summed E-state index contributed by atoms with van der Waals surface area (Å²) in [5.74, 6) is -0.457. The van der Waals surface area contributed by atoms with E-state index in [2.05, 4.69) is 0 Å². The second kappa shape index (κ2) is 7.96. The molecule has 5 nitrogen and oxygen atoms in total. The fourth-order valence-electron chi connectivity index (χ4n) is 3.32. The summed E-state index contributed by atoms with van der Waals surface area (Å²) in [4.78, 5) is 15.8. The molecule has 0 atom stereocenters. The Morgan fingerprint density at radius 2 is 1.79 bits per heavy atom. The van der Waals surface area contributed by atoms with Crippen LogP contribution in [-0.2, 0) is 16.6 Å². The molecule has 0 saturated carbocycles. The molecule has 0 bridgehead atoms. The highest BCUT2D eigenvalue weighted by atomic mass is 32.2. The minimum absolute atomic E-state index is 0.146. The number of thiophene rings is 1. The van der Waals surface area contributed by atoms with E-state index in [1.165, 1.54) is 27.8 Å². The highest BCUT2D eigenvalue weighted by Crippen LogP contribution is 2.26. The molecule has 0 N–H and O–H groups in total. The molecule has 2 aromatic carbocycles.